The third-order valence-corrected chi connectivity index (χ3v) is 8.72. The largest absolute Gasteiger partial charge is 0.388 e. The van der Waals surface area contributed by atoms with E-state index in [-0.39, 0.29) is 47.1 Å². The van der Waals surface area contributed by atoms with Gasteiger partial charge in [0, 0.05) is 23.7 Å². The minimum absolute atomic E-state index is 0.0740. The van der Waals surface area contributed by atoms with Crippen molar-refractivity contribution in [1.29, 1.82) is 0 Å². The zero-order valence-electron chi connectivity index (χ0n) is 16.5. The molecule has 0 unspecified atom stereocenters. The highest BCUT2D eigenvalue weighted by Gasteiger charge is 2.68. The van der Waals surface area contributed by atoms with E-state index in [9.17, 15) is 24.6 Å². The number of rotatable bonds is 2. The van der Waals surface area contributed by atoms with Crippen LogP contribution in [0.5, 0.6) is 0 Å². The zero-order chi connectivity index (χ0) is 19.8. The average Bonchev–Trinajstić information content (AvgIpc) is 2.87. The summed E-state index contributed by atoms with van der Waals surface area (Å²) in [6, 6.07) is 0. The summed E-state index contributed by atoms with van der Waals surface area (Å²) in [6.07, 6.45) is 5.31. The summed E-state index contributed by atoms with van der Waals surface area (Å²) in [6.45, 7) is 5.26. The molecule has 2 N–H and O–H groups in total. The SMILES string of the molecule is C[C@H]1C[C@@]2(C)C(=CC1=O)CC[C@@H]1[C@@H]2C(=O)C[C@@]2(C)[C@H]1CC[C@@]2(O)C(=O)CO. The second-order valence-electron chi connectivity index (χ2n) is 9.92. The van der Waals surface area contributed by atoms with Crippen molar-refractivity contribution in [2.24, 2.45) is 34.5 Å². The summed E-state index contributed by atoms with van der Waals surface area (Å²) in [5.41, 5.74) is -1.60. The second kappa shape index (κ2) is 5.84. The number of hydrogen-bond donors (Lipinski definition) is 2. The predicted octanol–water partition coefficient (Wildman–Crippen LogP) is 2.24. The fourth-order valence-electron chi connectivity index (χ4n) is 7.32. The molecule has 27 heavy (non-hydrogen) atoms. The van der Waals surface area contributed by atoms with Crippen LogP contribution in [0.3, 0.4) is 0 Å². The number of allylic oxidation sites excluding steroid dienone is 1. The Balaban J connectivity index is 1.75. The first-order chi connectivity index (χ1) is 12.6. The molecule has 0 radical (unpaired) electrons. The molecule has 4 rings (SSSR count). The molecule has 0 aliphatic heterocycles. The van der Waals surface area contributed by atoms with E-state index >= 15 is 0 Å². The smallest absolute Gasteiger partial charge is 0.190 e. The van der Waals surface area contributed by atoms with E-state index in [1.807, 2.05) is 13.8 Å². The van der Waals surface area contributed by atoms with Crippen molar-refractivity contribution in [2.75, 3.05) is 6.61 Å². The first-order valence-electron chi connectivity index (χ1n) is 10.2. The van der Waals surface area contributed by atoms with Crippen molar-refractivity contribution >= 4 is 17.3 Å². The first-order valence-corrected chi connectivity index (χ1v) is 10.2. The maximum absolute atomic E-state index is 13.4. The molecule has 0 aromatic rings. The Labute approximate surface area is 160 Å². The third-order valence-electron chi connectivity index (χ3n) is 8.72. The van der Waals surface area contributed by atoms with Gasteiger partial charge in [-0.05, 0) is 55.4 Å². The van der Waals surface area contributed by atoms with Gasteiger partial charge in [0.05, 0.1) is 0 Å². The van der Waals surface area contributed by atoms with Crippen molar-refractivity contribution in [3.63, 3.8) is 0 Å². The molecule has 4 aliphatic carbocycles. The molecule has 7 atom stereocenters. The van der Waals surface area contributed by atoms with Gasteiger partial charge in [-0.15, -0.1) is 0 Å². The van der Waals surface area contributed by atoms with Crippen LogP contribution in [0, 0.1) is 34.5 Å². The van der Waals surface area contributed by atoms with E-state index in [0.717, 1.165) is 18.4 Å². The van der Waals surface area contributed by atoms with E-state index in [1.54, 1.807) is 6.08 Å². The van der Waals surface area contributed by atoms with Gasteiger partial charge in [-0.3, -0.25) is 14.4 Å². The molecule has 0 bridgehead atoms. The van der Waals surface area contributed by atoms with Crippen LogP contribution in [-0.4, -0.2) is 39.8 Å². The van der Waals surface area contributed by atoms with Gasteiger partial charge in [-0.25, -0.2) is 0 Å². The van der Waals surface area contributed by atoms with Gasteiger partial charge in [-0.1, -0.05) is 26.3 Å². The summed E-state index contributed by atoms with van der Waals surface area (Å²) >= 11 is 0. The van der Waals surface area contributed by atoms with Gasteiger partial charge in [0.25, 0.3) is 0 Å². The quantitative estimate of drug-likeness (QED) is 0.773. The summed E-state index contributed by atoms with van der Waals surface area (Å²) in [5.74, 6) is -0.283. The molecule has 0 heterocycles. The van der Waals surface area contributed by atoms with Crippen LogP contribution in [0.4, 0.5) is 0 Å². The Morgan fingerprint density at radius 2 is 1.96 bits per heavy atom. The van der Waals surface area contributed by atoms with Crippen LogP contribution in [-0.2, 0) is 14.4 Å². The van der Waals surface area contributed by atoms with Crippen LogP contribution in [0.1, 0.15) is 59.3 Å². The Hall–Kier alpha value is -1.33. The lowest BCUT2D eigenvalue weighted by molar-refractivity contribution is -0.170. The van der Waals surface area contributed by atoms with E-state index < -0.39 is 23.4 Å². The highest BCUT2D eigenvalue weighted by molar-refractivity contribution is 5.95. The topological polar surface area (TPSA) is 91.7 Å². The Morgan fingerprint density at radius 3 is 2.63 bits per heavy atom. The van der Waals surface area contributed by atoms with E-state index in [0.29, 0.717) is 19.3 Å². The van der Waals surface area contributed by atoms with Gasteiger partial charge in [0.1, 0.15) is 18.0 Å². The van der Waals surface area contributed by atoms with Crippen molar-refractivity contribution < 1.29 is 24.6 Å². The third kappa shape index (κ3) is 2.27. The molecular formula is C22H30O5. The molecule has 5 heteroatoms. The number of Topliss-reactive ketones (excluding diaryl/α,β-unsaturated/α-hetero) is 2. The fourth-order valence-corrected chi connectivity index (χ4v) is 7.32. The van der Waals surface area contributed by atoms with E-state index in [1.165, 1.54) is 0 Å². The highest BCUT2D eigenvalue weighted by Crippen LogP contribution is 2.66. The van der Waals surface area contributed by atoms with Crippen LogP contribution >= 0.6 is 0 Å². The number of ketones is 3. The molecule has 3 fully saturated rings. The molecule has 0 aromatic heterocycles. The van der Waals surface area contributed by atoms with Crippen LogP contribution in [0.15, 0.2) is 11.6 Å². The summed E-state index contributed by atoms with van der Waals surface area (Å²) in [4.78, 5) is 38.0. The molecule has 4 aliphatic rings. The zero-order valence-corrected chi connectivity index (χ0v) is 16.5. The van der Waals surface area contributed by atoms with Crippen LogP contribution < -0.4 is 0 Å². The summed E-state index contributed by atoms with van der Waals surface area (Å²) in [7, 11) is 0. The molecule has 0 aromatic carbocycles. The van der Waals surface area contributed by atoms with Crippen molar-refractivity contribution in [1.82, 2.24) is 0 Å². The first kappa shape index (κ1) is 19.0. The molecule has 5 nitrogen and oxygen atoms in total. The van der Waals surface area contributed by atoms with Gasteiger partial charge in [0.2, 0.25) is 0 Å². The minimum atomic E-state index is -1.61. The number of hydrogen-bond acceptors (Lipinski definition) is 5. The van der Waals surface area contributed by atoms with Crippen molar-refractivity contribution in [3.8, 4) is 0 Å². The van der Waals surface area contributed by atoms with Crippen LogP contribution in [0.25, 0.3) is 0 Å². The molecule has 0 saturated heterocycles. The molecule has 3 saturated carbocycles. The molecule has 0 spiro atoms. The predicted molar refractivity (Wildman–Crippen MR) is 98.7 cm³/mol. The maximum Gasteiger partial charge on any atom is 0.190 e. The molecular weight excluding hydrogens is 344 g/mol. The molecule has 148 valence electrons. The Bertz CT molecular complexity index is 754. The summed E-state index contributed by atoms with van der Waals surface area (Å²) in [5, 5.41) is 20.6. The Kier molecular flexibility index (Phi) is 4.11. The number of fused-ring (bicyclic) bond motifs is 5. The number of aliphatic hydroxyl groups excluding tert-OH is 1. The van der Waals surface area contributed by atoms with E-state index in [4.69, 9.17) is 0 Å². The van der Waals surface area contributed by atoms with Gasteiger partial charge in [-0.2, -0.15) is 0 Å². The average molecular weight is 374 g/mol. The summed E-state index contributed by atoms with van der Waals surface area (Å²) < 4.78 is 0. The standard InChI is InChI=1S/C22H30O5/c1-12-9-20(2)13(8-16(12)24)4-5-14-15-6-7-22(27,18(26)11-23)21(15,3)10-17(25)19(14)20/h8,12,14-15,19,23,27H,4-7,9-11H2,1-3H3/t12-,14-,15-,19+,20-,21-,22+/m0/s1. The van der Waals surface area contributed by atoms with E-state index in [2.05, 4.69) is 6.92 Å². The normalized spacial score (nSPS) is 49.1. The number of carbonyl (C=O) groups is 3. The highest BCUT2D eigenvalue weighted by atomic mass is 16.3. The second-order valence-corrected chi connectivity index (χ2v) is 9.92. The lowest BCUT2D eigenvalue weighted by atomic mass is 9.45. The molecule has 0 amide bonds. The van der Waals surface area contributed by atoms with Crippen molar-refractivity contribution in [2.45, 2.75) is 64.9 Å². The number of carbonyl (C=O) groups excluding carboxylic acids is 3. The van der Waals surface area contributed by atoms with Gasteiger partial charge < -0.3 is 10.2 Å². The fraction of sp³-hybridized carbons (Fsp3) is 0.773. The van der Waals surface area contributed by atoms with Crippen molar-refractivity contribution in [3.05, 3.63) is 11.6 Å². The van der Waals surface area contributed by atoms with Gasteiger partial charge >= 0.3 is 0 Å². The van der Waals surface area contributed by atoms with Crippen LogP contribution in [0.2, 0.25) is 0 Å². The lowest BCUT2D eigenvalue weighted by Crippen LogP contribution is -2.61. The number of aliphatic hydroxyl groups is 2. The maximum atomic E-state index is 13.4. The monoisotopic (exact) mass is 374 g/mol. The Morgan fingerprint density at radius 1 is 1.26 bits per heavy atom. The minimum Gasteiger partial charge on any atom is -0.388 e. The lowest BCUT2D eigenvalue weighted by Gasteiger charge is -2.58. The van der Waals surface area contributed by atoms with Gasteiger partial charge in [0.15, 0.2) is 11.6 Å².